The van der Waals surface area contributed by atoms with Crippen LogP contribution in [-0.2, 0) is 0 Å². The predicted molar refractivity (Wildman–Crippen MR) is 87.7 cm³/mol. The van der Waals surface area contributed by atoms with Gasteiger partial charge in [-0.15, -0.1) is 0 Å². The van der Waals surface area contributed by atoms with Crippen molar-refractivity contribution in [1.82, 2.24) is 0 Å². The zero-order valence-electron chi connectivity index (χ0n) is 11.1. The molecular weight excluding hydrogens is 311 g/mol. The molecule has 0 aliphatic rings. The number of thiocarbonyl (C=S) groups is 1. The van der Waals surface area contributed by atoms with E-state index < -0.39 is 5.82 Å². The molecule has 0 unspecified atom stereocenters. The minimum atomic E-state index is -0.497. The van der Waals surface area contributed by atoms with E-state index >= 15 is 0 Å². The zero-order chi connectivity index (χ0) is 15.4. The molecule has 21 heavy (non-hydrogen) atoms. The first-order valence-corrected chi connectivity index (χ1v) is 6.89. The lowest BCUT2D eigenvalue weighted by Crippen LogP contribution is -2.20. The van der Waals surface area contributed by atoms with Gasteiger partial charge in [-0.25, -0.2) is 4.39 Å². The van der Waals surface area contributed by atoms with Crippen LogP contribution in [0.2, 0.25) is 5.02 Å². The number of hydrogen-bond donors (Lipinski definition) is 2. The number of nitrogens with one attached hydrogen (secondary N) is 2. The van der Waals surface area contributed by atoms with Crippen molar-refractivity contribution in [1.29, 1.82) is 0 Å². The Morgan fingerprint density at radius 3 is 2.57 bits per heavy atom. The van der Waals surface area contributed by atoms with Gasteiger partial charge in [0.15, 0.2) is 10.9 Å². The number of halogens is 2. The number of Topliss-reactive ketones (excluding diaryl/α,β-unsaturated/α-hetero) is 1. The Kier molecular flexibility index (Phi) is 4.88. The number of rotatable bonds is 3. The van der Waals surface area contributed by atoms with E-state index in [9.17, 15) is 9.18 Å². The molecule has 0 bridgehead atoms. The summed E-state index contributed by atoms with van der Waals surface area (Å²) in [5.41, 5.74) is 1.70. The summed E-state index contributed by atoms with van der Waals surface area (Å²) in [4.78, 5) is 11.5. The molecule has 0 atom stereocenters. The highest BCUT2D eigenvalue weighted by Crippen LogP contribution is 2.20. The van der Waals surface area contributed by atoms with E-state index in [0.717, 1.165) is 0 Å². The molecule has 0 amide bonds. The fourth-order valence-corrected chi connectivity index (χ4v) is 2.17. The molecule has 3 nitrogen and oxygen atoms in total. The number of carbonyl (C=O) groups excluding carboxylic acids is 1. The van der Waals surface area contributed by atoms with Crippen molar-refractivity contribution >= 4 is 46.1 Å². The highest BCUT2D eigenvalue weighted by molar-refractivity contribution is 7.80. The maximum atomic E-state index is 13.1. The molecule has 0 aromatic heterocycles. The minimum absolute atomic E-state index is 0.00642. The Bertz CT molecular complexity index is 706. The summed E-state index contributed by atoms with van der Waals surface area (Å²) in [5, 5.41) is 6.11. The van der Waals surface area contributed by atoms with Gasteiger partial charge in [0, 0.05) is 11.3 Å². The molecule has 0 aliphatic carbocycles. The molecule has 0 aliphatic heterocycles. The lowest BCUT2D eigenvalue weighted by atomic mass is 10.1. The molecule has 6 heteroatoms. The van der Waals surface area contributed by atoms with Crippen LogP contribution in [0, 0.1) is 5.82 Å². The monoisotopic (exact) mass is 322 g/mol. The number of ketones is 1. The SMILES string of the molecule is CC(=O)c1ccccc1NC(=S)Nc1ccc(F)c(Cl)c1. The lowest BCUT2D eigenvalue weighted by Gasteiger charge is -2.13. The number of benzene rings is 2. The molecule has 2 N–H and O–H groups in total. The molecular formula is C15H12ClFN2OS. The molecule has 0 heterocycles. The molecule has 0 radical (unpaired) electrons. The summed E-state index contributed by atoms with van der Waals surface area (Å²) in [6, 6.07) is 11.2. The van der Waals surface area contributed by atoms with Gasteiger partial charge in [0.25, 0.3) is 0 Å². The number of anilines is 2. The fourth-order valence-electron chi connectivity index (χ4n) is 1.76. The first kappa shape index (κ1) is 15.4. The normalized spacial score (nSPS) is 10.0. The van der Waals surface area contributed by atoms with Crippen LogP contribution in [-0.4, -0.2) is 10.9 Å². The highest BCUT2D eigenvalue weighted by atomic mass is 35.5. The fraction of sp³-hybridized carbons (Fsp3) is 0.0667. The van der Waals surface area contributed by atoms with Gasteiger partial charge >= 0.3 is 0 Å². The predicted octanol–water partition coefficient (Wildman–Crippen LogP) is 4.49. The van der Waals surface area contributed by atoms with E-state index in [1.165, 1.54) is 25.1 Å². The van der Waals surface area contributed by atoms with Crippen LogP contribution in [0.25, 0.3) is 0 Å². The van der Waals surface area contributed by atoms with Gasteiger partial charge in [0.2, 0.25) is 0 Å². The van der Waals surface area contributed by atoms with E-state index in [-0.39, 0.29) is 15.9 Å². The molecule has 108 valence electrons. The third-order valence-corrected chi connectivity index (χ3v) is 3.23. The average molecular weight is 323 g/mol. The number of para-hydroxylation sites is 1. The number of hydrogen-bond acceptors (Lipinski definition) is 2. The third-order valence-electron chi connectivity index (χ3n) is 2.73. The topological polar surface area (TPSA) is 41.1 Å². The van der Waals surface area contributed by atoms with Crippen LogP contribution in [0.1, 0.15) is 17.3 Å². The van der Waals surface area contributed by atoms with Gasteiger partial charge in [-0.1, -0.05) is 23.7 Å². The zero-order valence-corrected chi connectivity index (χ0v) is 12.7. The molecule has 0 fully saturated rings. The van der Waals surface area contributed by atoms with Crippen LogP contribution in [0.4, 0.5) is 15.8 Å². The van der Waals surface area contributed by atoms with Crippen LogP contribution in [0.15, 0.2) is 42.5 Å². The quantitative estimate of drug-likeness (QED) is 0.645. The summed E-state index contributed by atoms with van der Waals surface area (Å²) in [6.45, 7) is 1.48. The second kappa shape index (κ2) is 6.65. The van der Waals surface area contributed by atoms with Crippen LogP contribution >= 0.6 is 23.8 Å². The van der Waals surface area contributed by atoms with E-state index in [1.807, 2.05) is 0 Å². The summed E-state index contributed by atoms with van der Waals surface area (Å²) >= 11 is 10.9. The van der Waals surface area contributed by atoms with E-state index in [2.05, 4.69) is 10.6 Å². The smallest absolute Gasteiger partial charge is 0.175 e. The first-order chi connectivity index (χ1) is 9.97. The van der Waals surface area contributed by atoms with Crippen molar-refractivity contribution in [2.24, 2.45) is 0 Å². The lowest BCUT2D eigenvalue weighted by molar-refractivity contribution is 0.101. The summed E-state index contributed by atoms with van der Waals surface area (Å²) < 4.78 is 13.1. The molecule has 0 spiro atoms. The Morgan fingerprint density at radius 2 is 1.90 bits per heavy atom. The van der Waals surface area contributed by atoms with Gasteiger partial charge < -0.3 is 10.6 Å². The molecule has 2 aromatic carbocycles. The van der Waals surface area contributed by atoms with E-state index in [0.29, 0.717) is 16.9 Å². The van der Waals surface area contributed by atoms with Gasteiger partial charge in [-0.05, 0) is 49.5 Å². The Labute approximate surface area is 132 Å². The van der Waals surface area contributed by atoms with Gasteiger partial charge in [-0.3, -0.25) is 4.79 Å². The van der Waals surface area contributed by atoms with Gasteiger partial charge in [0.05, 0.1) is 10.7 Å². The van der Waals surface area contributed by atoms with Crippen LogP contribution in [0.5, 0.6) is 0 Å². The highest BCUT2D eigenvalue weighted by Gasteiger charge is 2.08. The Morgan fingerprint density at radius 1 is 1.19 bits per heavy atom. The molecule has 0 saturated heterocycles. The van der Waals surface area contributed by atoms with Gasteiger partial charge in [-0.2, -0.15) is 0 Å². The maximum absolute atomic E-state index is 13.1. The van der Waals surface area contributed by atoms with Crippen molar-refractivity contribution in [3.8, 4) is 0 Å². The Hall–Kier alpha value is -1.98. The van der Waals surface area contributed by atoms with Crippen LogP contribution in [0.3, 0.4) is 0 Å². The van der Waals surface area contributed by atoms with E-state index in [1.54, 1.807) is 24.3 Å². The van der Waals surface area contributed by atoms with Crippen molar-refractivity contribution in [3.05, 3.63) is 58.9 Å². The Balaban J connectivity index is 2.12. The summed E-state index contributed by atoms with van der Waals surface area (Å²) in [7, 11) is 0. The summed E-state index contributed by atoms with van der Waals surface area (Å²) in [6.07, 6.45) is 0. The molecule has 2 aromatic rings. The van der Waals surface area contributed by atoms with Crippen LogP contribution < -0.4 is 10.6 Å². The van der Waals surface area contributed by atoms with Gasteiger partial charge in [0.1, 0.15) is 5.82 Å². The average Bonchev–Trinajstić information content (AvgIpc) is 2.43. The first-order valence-electron chi connectivity index (χ1n) is 6.10. The second-order valence-corrected chi connectivity index (χ2v) is 5.13. The van der Waals surface area contributed by atoms with Crippen molar-refractivity contribution in [3.63, 3.8) is 0 Å². The standard InChI is InChI=1S/C15H12ClFN2OS/c1-9(20)11-4-2-3-5-14(11)19-15(21)18-10-6-7-13(17)12(16)8-10/h2-8H,1H3,(H2,18,19,21). The molecule has 2 rings (SSSR count). The minimum Gasteiger partial charge on any atom is -0.332 e. The van der Waals surface area contributed by atoms with Crippen molar-refractivity contribution in [2.45, 2.75) is 6.92 Å². The van der Waals surface area contributed by atoms with Crippen molar-refractivity contribution < 1.29 is 9.18 Å². The third kappa shape index (κ3) is 4.00. The maximum Gasteiger partial charge on any atom is 0.175 e. The summed E-state index contributed by atoms with van der Waals surface area (Å²) in [5.74, 6) is -0.561. The largest absolute Gasteiger partial charge is 0.332 e. The van der Waals surface area contributed by atoms with Crippen molar-refractivity contribution in [2.75, 3.05) is 10.6 Å². The number of carbonyl (C=O) groups is 1. The van der Waals surface area contributed by atoms with E-state index in [4.69, 9.17) is 23.8 Å². The molecule has 0 saturated carbocycles. The second-order valence-electron chi connectivity index (χ2n) is 4.31.